The van der Waals surface area contributed by atoms with Crippen molar-refractivity contribution in [3.8, 4) is 17.0 Å². The first-order chi connectivity index (χ1) is 10.9. The number of nitrogen functional groups attached to an aromatic ring is 1. The van der Waals surface area contributed by atoms with Crippen LogP contribution < -0.4 is 5.73 Å². The molecule has 2 heterocycles. The molecule has 23 heavy (non-hydrogen) atoms. The van der Waals surface area contributed by atoms with Crippen molar-refractivity contribution in [1.29, 1.82) is 0 Å². The van der Waals surface area contributed by atoms with Crippen LogP contribution in [0.5, 0.6) is 5.75 Å². The maximum atomic E-state index is 11.0. The van der Waals surface area contributed by atoms with Gasteiger partial charge in [0.1, 0.15) is 17.8 Å². The van der Waals surface area contributed by atoms with Crippen LogP contribution in [-0.4, -0.2) is 29.8 Å². The molecular weight excluding hydrogens is 300 g/mol. The fourth-order valence-corrected chi connectivity index (χ4v) is 2.37. The fourth-order valence-electron chi connectivity index (χ4n) is 2.37. The number of phenols is 1. The van der Waals surface area contributed by atoms with Gasteiger partial charge in [0.15, 0.2) is 11.4 Å². The number of benzene rings is 1. The van der Waals surface area contributed by atoms with Crippen LogP contribution in [0.1, 0.15) is 19.9 Å². The Labute approximate surface area is 130 Å². The standard InChI is InChI=1S/C14H14N6O3/c1-7(2)19-14-11(13(15)16-6-17-14)12(18-19)8-3-4-10(21)9(5-8)20(22)23/h3-7,21H,1-2H3,(H2,15,16,17). The minimum atomic E-state index is -0.652. The molecule has 2 aromatic heterocycles. The van der Waals surface area contributed by atoms with E-state index in [2.05, 4.69) is 15.1 Å². The highest BCUT2D eigenvalue weighted by Crippen LogP contribution is 2.35. The van der Waals surface area contributed by atoms with Crippen molar-refractivity contribution in [3.63, 3.8) is 0 Å². The third-order valence-corrected chi connectivity index (χ3v) is 3.45. The van der Waals surface area contributed by atoms with Crippen molar-refractivity contribution in [2.75, 3.05) is 5.73 Å². The van der Waals surface area contributed by atoms with Gasteiger partial charge in [-0.15, -0.1) is 0 Å². The number of nitrogens with zero attached hydrogens (tertiary/aromatic N) is 5. The lowest BCUT2D eigenvalue weighted by Crippen LogP contribution is -2.04. The molecular formula is C14H14N6O3. The summed E-state index contributed by atoms with van der Waals surface area (Å²) in [5.41, 5.74) is 7.00. The van der Waals surface area contributed by atoms with E-state index < -0.39 is 16.4 Å². The normalized spacial score (nSPS) is 11.3. The molecule has 0 fully saturated rings. The summed E-state index contributed by atoms with van der Waals surface area (Å²) in [4.78, 5) is 18.5. The summed E-state index contributed by atoms with van der Waals surface area (Å²) in [7, 11) is 0. The van der Waals surface area contributed by atoms with Crippen molar-refractivity contribution in [3.05, 3.63) is 34.6 Å². The van der Waals surface area contributed by atoms with Gasteiger partial charge >= 0.3 is 5.69 Å². The highest BCUT2D eigenvalue weighted by atomic mass is 16.6. The monoisotopic (exact) mass is 314 g/mol. The molecule has 3 rings (SSSR count). The van der Waals surface area contributed by atoms with E-state index in [0.717, 1.165) is 0 Å². The second kappa shape index (κ2) is 5.20. The van der Waals surface area contributed by atoms with Gasteiger partial charge in [-0.2, -0.15) is 5.10 Å². The van der Waals surface area contributed by atoms with E-state index in [1.165, 1.54) is 18.5 Å². The molecule has 0 amide bonds. The van der Waals surface area contributed by atoms with Crippen molar-refractivity contribution in [2.24, 2.45) is 0 Å². The molecule has 0 saturated heterocycles. The van der Waals surface area contributed by atoms with E-state index >= 15 is 0 Å². The second-order valence-corrected chi connectivity index (χ2v) is 5.31. The van der Waals surface area contributed by atoms with Crippen molar-refractivity contribution < 1.29 is 10.0 Å². The Morgan fingerprint density at radius 3 is 2.74 bits per heavy atom. The number of nitro groups is 1. The van der Waals surface area contributed by atoms with Gasteiger partial charge in [-0.05, 0) is 26.0 Å². The number of hydrogen-bond donors (Lipinski definition) is 2. The molecule has 3 N–H and O–H groups in total. The minimum absolute atomic E-state index is 0.0210. The second-order valence-electron chi connectivity index (χ2n) is 5.31. The summed E-state index contributed by atoms with van der Waals surface area (Å²) in [5.74, 6) is -0.164. The average molecular weight is 314 g/mol. The number of aromatic hydroxyl groups is 1. The Hall–Kier alpha value is -3.23. The van der Waals surface area contributed by atoms with E-state index in [9.17, 15) is 15.2 Å². The van der Waals surface area contributed by atoms with Gasteiger partial charge in [0.25, 0.3) is 0 Å². The van der Waals surface area contributed by atoms with Gasteiger partial charge in [0, 0.05) is 17.7 Å². The van der Waals surface area contributed by atoms with E-state index in [-0.39, 0.29) is 11.9 Å². The van der Waals surface area contributed by atoms with Crippen molar-refractivity contribution >= 4 is 22.5 Å². The maximum absolute atomic E-state index is 11.0. The Balaban J connectivity index is 2.33. The van der Waals surface area contributed by atoms with E-state index in [0.29, 0.717) is 22.3 Å². The number of nitro benzene ring substituents is 1. The van der Waals surface area contributed by atoms with Gasteiger partial charge in [-0.1, -0.05) is 0 Å². The fraction of sp³-hybridized carbons (Fsp3) is 0.214. The van der Waals surface area contributed by atoms with Crippen LogP contribution in [0, 0.1) is 10.1 Å². The summed E-state index contributed by atoms with van der Waals surface area (Å²) in [6.45, 7) is 3.88. The third-order valence-electron chi connectivity index (χ3n) is 3.45. The van der Waals surface area contributed by atoms with Gasteiger partial charge < -0.3 is 10.8 Å². The summed E-state index contributed by atoms with van der Waals surface area (Å²) >= 11 is 0. The van der Waals surface area contributed by atoms with Crippen LogP contribution in [0.2, 0.25) is 0 Å². The number of rotatable bonds is 3. The molecule has 9 nitrogen and oxygen atoms in total. The Bertz CT molecular complexity index is 918. The number of anilines is 1. The summed E-state index contributed by atoms with van der Waals surface area (Å²) in [5, 5.41) is 25.6. The number of nitrogens with two attached hydrogens (primary N) is 1. The van der Waals surface area contributed by atoms with E-state index in [1.54, 1.807) is 10.7 Å². The molecule has 3 aromatic rings. The number of phenolic OH excluding ortho intramolecular Hbond substituents is 1. The zero-order valence-electron chi connectivity index (χ0n) is 12.5. The molecule has 1 aromatic carbocycles. The van der Waals surface area contributed by atoms with Gasteiger partial charge in [0.05, 0.1) is 10.3 Å². The molecule has 118 valence electrons. The topological polar surface area (TPSA) is 133 Å². The van der Waals surface area contributed by atoms with Crippen LogP contribution in [0.4, 0.5) is 11.5 Å². The number of fused-ring (bicyclic) bond motifs is 1. The van der Waals surface area contributed by atoms with Crippen LogP contribution in [0.25, 0.3) is 22.3 Å². The molecule has 0 saturated carbocycles. The van der Waals surface area contributed by atoms with Crippen molar-refractivity contribution in [2.45, 2.75) is 19.9 Å². The predicted octanol–water partition coefficient (Wildman–Crippen LogP) is 2.27. The maximum Gasteiger partial charge on any atom is 0.311 e. The van der Waals surface area contributed by atoms with Crippen LogP contribution in [0.15, 0.2) is 24.5 Å². The number of hydrogen-bond acceptors (Lipinski definition) is 7. The van der Waals surface area contributed by atoms with E-state index in [1.807, 2.05) is 13.8 Å². The average Bonchev–Trinajstić information content (AvgIpc) is 2.88. The molecule has 0 bridgehead atoms. The Morgan fingerprint density at radius 1 is 1.35 bits per heavy atom. The molecule has 0 aliphatic heterocycles. The number of aromatic nitrogens is 4. The third kappa shape index (κ3) is 2.31. The van der Waals surface area contributed by atoms with Crippen LogP contribution in [0.3, 0.4) is 0 Å². The highest BCUT2D eigenvalue weighted by molar-refractivity contribution is 5.98. The zero-order valence-corrected chi connectivity index (χ0v) is 12.5. The lowest BCUT2D eigenvalue weighted by Gasteiger charge is -2.05. The van der Waals surface area contributed by atoms with Gasteiger partial charge in [-0.25, -0.2) is 14.6 Å². The van der Waals surface area contributed by atoms with E-state index in [4.69, 9.17) is 5.73 Å². The minimum Gasteiger partial charge on any atom is -0.502 e. The molecule has 0 unspecified atom stereocenters. The molecule has 9 heteroatoms. The van der Waals surface area contributed by atoms with Gasteiger partial charge in [-0.3, -0.25) is 10.1 Å². The molecule has 0 radical (unpaired) electrons. The van der Waals surface area contributed by atoms with Crippen LogP contribution >= 0.6 is 0 Å². The zero-order chi connectivity index (χ0) is 16.7. The summed E-state index contributed by atoms with van der Waals surface area (Å²) in [6, 6.07) is 4.08. The van der Waals surface area contributed by atoms with Crippen LogP contribution in [-0.2, 0) is 0 Å². The molecule has 0 atom stereocenters. The first-order valence-corrected chi connectivity index (χ1v) is 6.86. The first kappa shape index (κ1) is 14.7. The lowest BCUT2D eigenvalue weighted by atomic mass is 10.1. The lowest BCUT2D eigenvalue weighted by molar-refractivity contribution is -0.385. The molecule has 0 spiro atoms. The highest BCUT2D eigenvalue weighted by Gasteiger charge is 2.21. The SMILES string of the molecule is CC(C)n1nc(-c2ccc(O)c([N+](=O)[O-])c2)c2c(N)ncnc21. The Morgan fingerprint density at radius 2 is 2.09 bits per heavy atom. The van der Waals surface area contributed by atoms with Gasteiger partial charge in [0.2, 0.25) is 0 Å². The first-order valence-electron chi connectivity index (χ1n) is 6.86. The Kier molecular flexibility index (Phi) is 3.32. The molecule has 0 aliphatic carbocycles. The predicted molar refractivity (Wildman–Crippen MR) is 83.9 cm³/mol. The smallest absolute Gasteiger partial charge is 0.311 e. The summed E-state index contributed by atoms with van der Waals surface area (Å²) < 4.78 is 1.68. The summed E-state index contributed by atoms with van der Waals surface area (Å²) in [6.07, 6.45) is 1.35. The molecule has 0 aliphatic rings. The largest absolute Gasteiger partial charge is 0.502 e. The van der Waals surface area contributed by atoms with Crippen molar-refractivity contribution in [1.82, 2.24) is 19.7 Å². The quantitative estimate of drug-likeness (QED) is 0.559.